The lowest BCUT2D eigenvalue weighted by atomic mass is 9.96. The molecule has 5 nitrogen and oxygen atoms in total. The Morgan fingerprint density at radius 2 is 1.83 bits per heavy atom. The Bertz CT molecular complexity index is 922. The minimum absolute atomic E-state index is 0.245. The highest BCUT2D eigenvalue weighted by Crippen LogP contribution is 2.20. The van der Waals surface area contributed by atoms with Crippen LogP contribution in [0.4, 0.5) is 4.39 Å². The van der Waals surface area contributed by atoms with Gasteiger partial charge in [-0.05, 0) is 62.2 Å². The molecule has 0 unspecified atom stereocenters. The van der Waals surface area contributed by atoms with E-state index in [1.165, 1.54) is 30.5 Å². The second-order valence-electron chi connectivity index (χ2n) is 8.31. The van der Waals surface area contributed by atoms with Gasteiger partial charge in [-0.25, -0.2) is 4.39 Å². The average Bonchev–Trinajstić information content (AvgIpc) is 3.17. The highest BCUT2D eigenvalue weighted by Gasteiger charge is 2.21. The van der Waals surface area contributed by atoms with Gasteiger partial charge < -0.3 is 4.52 Å². The monoisotopic (exact) mass is 408 g/mol. The summed E-state index contributed by atoms with van der Waals surface area (Å²) in [7, 11) is 2.10. The van der Waals surface area contributed by atoms with Crippen LogP contribution in [-0.4, -0.2) is 46.6 Å². The van der Waals surface area contributed by atoms with Crippen molar-refractivity contribution < 1.29 is 8.91 Å². The van der Waals surface area contributed by atoms with Gasteiger partial charge >= 0.3 is 0 Å². The molecule has 3 aromatic rings. The first kappa shape index (κ1) is 20.7. The highest BCUT2D eigenvalue weighted by molar-refractivity contribution is 5.19. The molecule has 0 atom stereocenters. The van der Waals surface area contributed by atoms with Crippen LogP contribution in [0.2, 0.25) is 0 Å². The molecular formula is C24H29FN4O. The van der Waals surface area contributed by atoms with Gasteiger partial charge in [-0.3, -0.25) is 9.80 Å². The lowest BCUT2D eigenvalue weighted by Gasteiger charge is -2.33. The third-order valence-electron chi connectivity index (χ3n) is 5.69. The van der Waals surface area contributed by atoms with Crippen LogP contribution >= 0.6 is 0 Å². The molecule has 4 rings (SSSR count). The first-order valence-corrected chi connectivity index (χ1v) is 10.6. The summed E-state index contributed by atoms with van der Waals surface area (Å²) in [4.78, 5) is 9.28. The van der Waals surface area contributed by atoms with Gasteiger partial charge in [0.25, 0.3) is 0 Å². The van der Waals surface area contributed by atoms with E-state index in [2.05, 4.69) is 57.3 Å². The fraction of sp³-hybridized carbons (Fsp3) is 0.417. The van der Waals surface area contributed by atoms with E-state index in [4.69, 9.17) is 4.52 Å². The lowest BCUT2D eigenvalue weighted by Crippen LogP contribution is -2.37. The number of rotatable bonds is 8. The molecule has 1 aliphatic heterocycles. The van der Waals surface area contributed by atoms with Crippen molar-refractivity contribution in [3.63, 3.8) is 0 Å². The van der Waals surface area contributed by atoms with Crippen molar-refractivity contribution in [2.45, 2.75) is 32.4 Å². The zero-order chi connectivity index (χ0) is 20.8. The van der Waals surface area contributed by atoms with Crippen molar-refractivity contribution in [1.29, 1.82) is 0 Å². The molecule has 1 fully saturated rings. The predicted molar refractivity (Wildman–Crippen MR) is 114 cm³/mol. The van der Waals surface area contributed by atoms with Gasteiger partial charge in [0.15, 0.2) is 5.82 Å². The molecule has 2 aromatic carbocycles. The Labute approximate surface area is 177 Å². The third kappa shape index (κ3) is 5.97. The molecule has 0 aliphatic carbocycles. The molecule has 30 heavy (non-hydrogen) atoms. The van der Waals surface area contributed by atoms with Crippen LogP contribution in [0.1, 0.15) is 35.7 Å². The average molecular weight is 409 g/mol. The minimum atomic E-state index is -0.245. The summed E-state index contributed by atoms with van der Waals surface area (Å²) in [5, 5.41) is 4.05. The van der Waals surface area contributed by atoms with Crippen LogP contribution in [0.25, 0.3) is 0 Å². The molecule has 1 aliphatic rings. The molecular weight excluding hydrogens is 379 g/mol. The zero-order valence-corrected chi connectivity index (χ0v) is 17.5. The van der Waals surface area contributed by atoms with Crippen LogP contribution in [0.15, 0.2) is 59.1 Å². The van der Waals surface area contributed by atoms with Crippen molar-refractivity contribution in [2.24, 2.45) is 5.92 Å². The molecule has 0 radical (unpaired) electrons. The summed E-state index contributed by atoms with van der Waals surface area (Å²) in [6.07, 6.45) is 2.91. The molecule has 0 amide bonds. The second kappa shape index (κ2) is 9.96. The maximum absolute atomic E-state index is 13.3. The van der Waals surface area contributed by atoms with Gasteiger partial charge in [-0.15, -0.1) is 0 Å². The highest BCUT2D eigenvalue weighted by atomic mass is 19.1. The molecule has 0 spiro atoms. The van der Waals surface area contributed by atoms with E-state index in [0.717, 1.165) is 31.7 Å². The number of hydrogen-bond donors (Lipinski definition) is 0. The van der Waals surface area contributed by atoms with E-state index in [9.17, 15) is 4.39 Å². The van der Waals surface area contributed by atoms with E-state index >= 15 is 0 Å². The number of benzene rings is 2. The van der Waals surface area contributed by atoms with Crippen LogP contribution in [0, 0.1) is 11.7 Å². The van der Waals surface area contributed by atoms with Gasteiger partial charge in [0.2, 0.25) is 5.89 Å². The van der Waals surface area contributed by atoms with Gasteiger partial charge in [-0.2, -0.15) is 4.98 Å². The Balaban J connectivity index is 1.21. The fourth-order valence-electron chi connectivity index (χ4n) is 4.16. The molecule has 1 aromatic heterocycles. The number of hydrogen-bond acceptors (Lipinski definition) is 5. The van der Waals surface area contributed by atoms with Gasteiger partial charge in [0.05, 0.1) is 6.54 Å². The topological polar surface area (TPSA) is 45.4 Å². The van der Waals surface area contributed by atoms with E-state index < -0.39 is 0 Å². The number of halogens is 1. The number of piperidine rings is 1. The Morgan fingerprint density at radius 1 is 1.07 bits per heavy atom. The van der Waals surface area contributed by atoms with Gasteiger partial charge in [-0.1, -0.05) is 47.6 Å². The largest absolute Gasteiger partial charge is 0.338 e. The summed E-state index contributed by atoms with van der Waals surface area (Å²) in [6, 6.07) is 17.2. The molecule has 158 valence electrons. The SMILES string of the molecule is CN(Cc1nc(Cc2cccc(F)c2)no1)CC1CCN(Cc2ccccc2)CC1. The maximum atomic E-state index is 13.3. The Kier molecular flexibility index (Phi) is 6.87. The molecule has 0 N–H and O–H groups in total. The van der Waals surface area contributed by atoms with Crippen molar-refractivity contribution in [2.75, 3.05) is 26.7 Å². The van der Waals surface area contributed by atoms with Crippen LogP contribution in [-0.2, 0) is 19.5 Å². The molecule has 0 bridgehead atoms. The maximum Gasteiger partial charge on any atom is 0.240 e. The van der Waals surface area contributed by atoms with Crippen molar-refractivity contribution in [3.8, 4) is 0 Å². The van der Waals surface area contributed by atoms with E-state index in [-0.39, 0.29) is 5.82 Å². The number of nitrogens with zero attached hydrogens (tertiary/aromatic N) is 4. The van der Waals surface area contributed by atoms with E-state index in [1.54, 1.807) is 6.07 Å². The number of aromatic nitrogens is 2. The van der Waals surface area contributed by atoms with Crippen molar-refractivity contribution in [3.05, 3.63) is 83.3 Å². The van der Waals surface area contributed by atoms with Gasteiger partial charge in [0, 0.05) is 19.5 Å². The lowest BCUT2D eigenvalue weighted by molar-refractivity contribution is 0.142. The Hall–Kier alpha value is -2.57. The zero-order valence-electron chi connectivity index (χ0n) is 17.5. The van der Waals surface area contributed by atoms with Crippen LogP contribution in [0.3, 0.4) is 0 Å². The summed E-state index contributed by atoms with van der Waals surface area (Å²) in [5.74, 6) is 1.66. The minimum Gasteiger partial charge on any atom is -0.338 e. The van der Waals surface area contributed by atoms with Crippen LogP contribution in [0.5, 0.6) is 0 Å². The molecule has 6 heteroatoms. The quantitative estimate of drug-likeness (QED) is 0.560. The second-order valence-corrected chi connectivity index (χ2v) is 8.31. The third-order valence-corrected chi connectivity index (χ3v) is 5.69. The first-order chi connectivity index (χ1) is 14.6. The standard InChI is InChI=1S/C24H29FN4O/c1-28(16-20-10-12-29(13-11-20)17-19-6-3-2-4-7-19)18-24-26-23(27-30-24)15-21-8-5-9-22(25)14-21/h2-9,14,20H,10-13,15-18H2,1H3. The predicted octanol–water partition coefficient (Wildman–Crippen LogP) is 4.14. The smallest absolute Gasteiger partial charge is 0.240 e. The van der Waals surface area contributed by atoms with E-state index in [0.29, 0.717) is 30.6 Å². The summed E-state index contributed by atoms with van der Waals surface area (Å²) >= 11 is 0. The Morgan fingerprint density at radius 3 is 2.60 bits per heavy atom. The van der Waals surface area contributed by atoms with Crippen LogP contribution < -0.4 is 0 Å². The first-order valence-electron chi connectivity index (χ1n) is 10.6. The molecule has 2 heterocycles. The molecule has 0 saturated carbocycles. The normalized spacial score (nSPS) is 15.7. The van der Waals surface area contributed by atoms with Gasteiger partial charge in [0.1, 0.15) is 5.82 Å². The fourth-order valence-corrected chi connectivity index (χ4v) is 4.16. The van der Waals surface area contributed by atoms with E-state index in [1.807, 2.05) is 6.07 Å². The number of likely N-dealkylation sites (tertiary alicyclic amines) is 1. The summed E-state index contributed by atoms with van der Waals surface area (Å²) < 4.78 is 18.7. The molecule has 1 saturated heterocycles. The van der Waals surface area contributed by atoms with Crippen molar-refractivity contribution >= 4 is 0 Å². The summed E-state index contributed by atoms with van der Waals surface area (Å²) in [5.41, 5.74) is 2.23. The van der Waals surface area contributed by atoms with Crippen molar-refractivity contribution in [1.82, 2.24) is 19.9 Å². The summed E-state index contributed by atoms with van der Waals surface area (Å²) in [6.45, 7) is 5.00.